The number of benzene rings is 4. The van der Waals surface area contributed by atoms with Crippen LogP contribution in [0.5, 0.6) is 23.0 Å². The Morgan fingerprint density at radius 3 is 1.55 bits per heavy atom. The summed E-state index contributed by atoms with van der Waals surface area (Å²) in [7, 11) is 0. The molecule has 2 N–H and O–H groups in total. The zero-order valence-corrected chi connectivity index (χ0v) is 33.7. The Labute approximate surface area is 344 Å². The van der Waals surface area contributed by atoms with Crippen molar-refractivity contribution in [3.8, 4) is 23.0 Å². The van der Waals surface area contributed by atoms with Crippen LogP contribution in [-0.2, 0) is 57.8 Å². The van der Waals surface area contributed by atoms with Crippen LogP contribution in [0, 0.1) is 0 Å². The van der Waals surface area contributed by atoms with Crippen LogP contribution < -0.4 is 34.6 Å². The van der Waals surface area contributed by atoms with Gasteiger partial charge in [0.25, 0.3) is 0 Å². The van der Waals surface area contributed by atoms with E-state index in [-0.39, 0.29) is 7.43 Å². The van der Waals surface area contributed by atoms with Crippen molar-refractivity contribution in [1.82, 2.24) is 4.58 Å². The Kier molecular flexibility index (Phi) is 8.96. The van der Waals surface area contributed by atoms with Gasteiger partial charge >= 0.3 is 0 Å². The van der Waals surface area contributed by atoms with Gasteiger partial charge in [0, 0.05) is 109 Å². The molecule has 0 saturated heterocycles. The summed E-state index contributed by atoms with van der Waals surface area (Å²) in [6, 6.07) is 9.32. The highest BCUT2D eigenvalue weighted by Crippen LogP contribution is 2.47. The van der Waals surface area contributed by atoms with Crippen LogP contribution in [0.2, 0.25) is 0 Å². The number of rotatable bonds is 2. The minimum atomic E-state index is 0. The lowest BCUT2D eigenvalue weighted by Gasteiger charge is -2.38. The molecule has 0 amide bonds. The normalized spacial score (nSPS) is 20.0. The molecule has 9 aliphatic heterocycles. The fourth-order valence-electron chi connectivity index (χ4n) is 12.7. The summed E-state index contributed by atoms with van der Waals surface area (Å²) < 4.78 is 9.45. The van der Waals surface area contributed by atoms with Gasteiger partial charge in [0.2, 0.25) is 5.36 Å². The maximum Gasteiger partial charge on any atom is 0.210 e. The molecule has 0 saturated carbocycles. The third-order valence-corrected chi connectivity index (χ3v) is 15.0. The molecule has 0 bridgehead atoms. The van der Waals surface area contributed by atoms with Gasteiger partial charge in [-0.3, -0.25) is 0 Å². The number of hydrogen-bond acceptors (Lipinski definition) is 6. The van der Waals surface area contributed by atoms with Crippen LogP contribution in [0.3, 0.4) is 0 Å². The maximum absolute atomic E-state index is 11.2. The van der Waals surface area contributed by atoms with E-state index in [0.29, 0.717) is 17.9 Å². The number of aromatic hydroxyl groups is 2. The zero-order valence-electron chi connectivity index (χ0n) is 33.7. The van der Waals surface area contributed by atoms with E-state index in [4.69, 9.17) is 4.74 Å². The van der Waals surface area contributed by atoms with Crippen LogP contribution in [0.4, 0.5) is 17.1 Å². The monoisotopic (exact) mass is 777 g/mol. The first kappa shape index (κ1) is 36.4. The van der Waals surface area contributed by atoms with Crippen LogP contribution in [0.25, 0.3) is 6.08 Å². The van der Waals surface area contributed by atoms with Gasteiger partial charge in [0.15, 0.2) is 0 Å². The lowest BCUT2D eigenvalue weighted by Crippen LogP contribution is -2.45. The molecule has 7 nitrogen and oxygen atoms in total. The molecule has 0 aliphatic carbocycles. The smallest absolute Gasteiger partial charge is 0.210 e. The Bertz CT molecular complexity index is 2410. The molecule has 0 fully saturated rings. The number of ether oxygens (including phenoxy) is 1. The molecule has 0 spiro atoms. The molecule has 0 unspecified atom stereocenters. The SMILES string of the molecule is C.C1=c2cc3c4c(c2Oc2c1cc1c5c2CCCN5CCC1)CCC[N+]=4CCC3.Oc1c(Cc2cc3c4c(c2O)CCCN4CCC3)cc2c3c1CCCN3CCC2. The van der Waals surface area contributed by atoms with E-state index in [2.05, 4.69) is 49.6 Å². The predicted molar refractivity (Wildman–Crippen MR) is 236 cm³/mol. The predicted octanol–water partition coefficient (Wildman–Crippen LogP) is 7.43. The molecule has 4 aromatic carbocycles. The summed E-state index contributed by atoms with van der Waals surface area (Å²) in [5, 5.41) is 25.1. The Morgan fingerprint density at radius 1 is 0.500 bits per heavy atom. The quantitative estimate of drug-likeness (QED) is 0.182. The van der Waals surface area contributed by atoms with Crippen molar-refractivity contribution in [2.24, 2.45) is 0 Å². The fraction of sp³-hybridized carbons (Fsp3) is 0.510. The van der Waals surface area contributed by atoms with Crippen molar-refractivity contribution in [1.29, 1.82) is 0 Å². The molecule has 302 valence electrons. The summed E-state index contributed by atoms with van der Waals surface area (Å²) in [6.07, 6.45) is 21.7. The van der Waals surface area contributed by atoms with Crippen molar-refractivity contribution < 1.29 is 14.9 Å². The second-order valence-corrected chi connectivity index (χ2v) is 18.5. The molecule has 7 heteroatoms. The lowest BCUT2D eigenvalue weighted by atomic mass is 9.85. The highest BCUT2D eigenvalue weighted by atomic mass is 16.5. The number of anilines is 3. The molecule has 58 heavy (non-hydrogen) atoms. The average Bonchev–Trinajstić information content (AvgIpc) is 3.24. The van der Waals surface area contributed by atoms with Gasteiger partial charge in [-0.15, -0.1) is 0 Å². The minimum Gasteiger partial charge on any atom is -0.507 e. The van der Waals surface area contributed by atoms with Gasteiger partial charge in [0.1, 0.15) is 36.1 Å². The van der Waals surface area contributed by atoms with E-state index >= 15 is 0 Å². The molecule has 9 aliphatic rings. The van der Waals surface area contributed by atoms with E-state index < -0.39 is 0 Å². The molecule has 4 aromatic rings. The Hall–Kier alpha value is -4.65. The molecular formula is C51H61N4O3+. The minimum absolute atomic E-state index is 0. The van der Waals surface area contributed by atoms with Crippen molar-refractivity contribution in [3.05, 3.63) is 96.0 Å². The van der Waals surface area contributed by atoms with Crippen LogP contribution in [0.1, 0.15) is 120 Å². The summed E-state index contributed by atoms with van der Waals surface area (Å²) in [6.45, 7) is 9.32. The second kappa shape index (κ2) is 14.3. The van der Waals surface area contributed by atoms with Crippen LogP contribution >= 0.6 is 0 Å². The number of nitrogens with zero attached hydrogens (tertiary/aromatic N) is 4. The Morgan fingerprint density at radius 2 is 0.966 bits per heavy atom. The first-order chi connectivity index (χ1) is 28.1. The molecule has 9 heterocycles. The first-order valence-electron chi connectivity index (χ1n) is 22.7. The van der Waals surface area contributed by atoms with E-state index in [1.165, 1.54) is 144 Å². The second-order valence-electron chi connectivity index (χ2n) is 18.5. The maximum atomic E-state index is 11.2. The molecule has 0 radical (unpaired) electrons. The average molecular weight is 778 g/mol. The van der Waals surface area contributed by atoms with Gasteiger partial charge < -0.3 is 29.6 Å². The van der Waals surface area contributed by atoms with E-state index in [1.807, 2.05) is 0 Å². The van der Waals surface area contributed by atoms with Gasteiger partial charge in [-0.2, -0.15) is 0 Å². The fourth-order valence-corrected chi connectivity index (χ4v) is 12.7. The summed E-state index contributed by atoms with van der Waals surface area (Å²) in [4.78, 5) is 7.56. The highest BCUT2D eigenvalue weighted by molar-refractivity contribution is 5.77. The van der Waals surface area contributed by atoms with Crippen LogP contribution in [0.15, 0.2) is 24.3 Å². The molecule has 0 aromatic heterocycles. The van der Waals surface area contributed by atoms with E-state index in [9.17, 15) is 10.2 Å². The summed E-state index contributed by atoms with van der Waals surface area (Å²) in [5.41, 5.74) is 18.6. The molecule has 13 rings (SSSR count). The number of hydrogen-bond donors (Lipinski definition) is 2. The molecule has 0 atom stereocenters. The summed E-state index contributed by atoms with van der Waals surface area (Å²) >= 11 is 0. The number of phenolic OH excluding ortho intramolecular Hbond substituents is 2. The van der Waals surface area contributed by atoms with Crippen molar-refractivity contribution >= 4 is 23.1 Å². The van der Waals surface area contributed by atoms with E-state index in [0.717, 1.165) is 99.8 Å². The van der Waals surface area contributed by atoms with Crippen molar-refractivity contribution in [2.75, 3.05) is 67.1 Å². The van der Waals surface area contributed by atoms with Crippen LogP contribution in [-0.4, -0.2) is 62.6 Å². The Balaban J connectivity index is 0.000000131. The van der Waals surface area contributed by atoms with Gasteiger partial charge in [-0.05, 0) is 148 Å². The molecular weight excluding hydrogens is 717 g/mol. The number of fused-ring (bicyclic) bond motifs is 4. The first-order valence-corrected chi connectivity index (χ1v) is 22.7. The number of aryl methyl sites for hydroxylation is 4. The third-order valence-electron chi connectivity index (χ3n) is 15.0. The standard InChI is InChI=1S/C25H30N2O2.C25H27N2O.CH4/c28-24-18(13-16-5-1-9-26-11-3-7-20(24)22(16)26)15-19-14-17-6-2-10-27-12-4-8-21(23(17)27)25(19)29;1-5-16-13-18-15-19-14-17-6-2-10-27-12-4-8-21(23(17)27)25(19)28-24(18)20-7-3-11-26(9-1)22(16)20;/h13-14,28-29H,1-12,15H2;13-15H,1-12H2;1H4/q;+1;. The van der Waals surface area contributed by atoms with Crippen molar-refractivity contribution in [3.63, 3.8) is 0 Å². The van der Waals surface area contributed by atoms with Gasteiger partial charge in [-0.1, -0.05) is 7.43 Å². The topological polar surface area (TPSA) is 62.4 Å². The highest BCUT2D eigenvalue weighted by Gasteiger charge is 2.34. The largest absolute Gasteiger partial charge is 0.507 e. The van der Waals surface area contributed by atoms with Gasteiger partial charge in [-0.25, -0.2) is 4.58 Å². The third kappa shape index (κ3) is 5.68. The lowest BCUT2D eigenvalue weighted by molar-refractivity contribution is 0.432. The zero-order chi connectivity index (χ0) is 37.8. The van der Waals surface area contributed by atoms with E-state index in [1.54, 1.807) is 11.1 Å². The van der Waals surface area contributed by atoms with Crippen molar-refractivity contribution in [2.45, 2.75) is 117 Å². The van der Waals surface area contributed by atoms with Gasteiger partial charge in [0.05, 0.1) is 5.56 Å². The summed E-state index contributed by atoms with van der Waals surface area (Å²) in [5.74, 6) is 3.29. The number of phenols is 2.